The number of aromatic nitrogens is 2. The fourth-order valence-electron chi connectivity index (χ4n) is 4.13. The Morgan fingerprint density at radius 2 is 1.85 bits per heavy atom. The number of rotatable bonds is 10. The molecule has 8 nitrogen and oxygen atoms in total. The number of nitrogen functional groups attached to an aromatic ring is 1. The molecule has 2 aromatic heterocycles. The van der Waals surface area contributed by atoms with Crippen LogP contribution in [0.4, 0.5) is 0 Å². The monoisotopic (exact) mass is 458 g/mol. The summed E-state index contributed by atoms with van der Waals surface area (Å²) in [5.41, 5.74) is 20.1. The van der Waals surface area contributed by atoms with Gasteiger partial charge in [0.1, 0.15) is 11.5 Å². The van der Waals surface area contributed by atoms with Crippen LogP contribution in [0.3, 0.4) is 0 Å². The molecule has 0 saturated heterocycles. The lowest BCUT2D eigenvalue weighted by atomic mass is 9.99. The highest BCUT2D eigenvalue weighted by molar-refractivity contribution is 5.95. The van der Waals surface area contributed by atoms with Crippen molar-refractivity contribution in [3.8, 4) is 0 Å². The number of hydrogen-bond acceptors (Lipinski definition) is 6. The molecular weight excluding hydrogens is 424 g/mol. The van der Waals surface area contributed by atoms with Crippen LogP contribution in [0.25, 0.3) is 5.65 Å². The first kappa shape index (κ1) is 23.2. The van der Waals surface area contributed by atoms with Crippen molar-refractivity contribution in [2.75, 3.05) is 7.05 Å². The summed E-state index contributed by atoms with van der Waals surface area (Å²) in [6.45, 7) is 5.21. The van der Waals surface area contributed by atoms with Gasteiger partial charge in [-0.2, -0.15) is 0 Å². The first-order chi connectivity index (χ1) is 16.3. The van der Waals surface area contributed by atoms with Gasteiger partial charge in [0.05, 0.1) is 23.8 Å². The minimum atomic E-state index is 0.0759. The molecule has 2 heterocycles. The summed E-state index contributed by atoms with van der Waals surface area (Å²) in [4.78, 5) is 4.72. The molecule has 1 aliphatic rings. The van der Waals surface area contributed by atoms with Crippen LogP contribution in [0, 0.1) is 19.3 Å². The molecule has 1 saturated carbocycles. The van der Waals surface area contributed by atoms with Gasteiger partial charge in [-0.25, -0.2) is 4.98 Å². The fourth-order valence-corrected chi connectivity index (χ4v) is 4.13. The molecule has 0 aliphatic heterocycles. The van der Waals surface area contributed by atoms with E-state index in [4.69, 9.17) is 21.9 Å². The Morgan fingerprint density at radius 3 is 2.50 bits per heavy atom. The highest BCUT2D eigenvalue weighted by Gasteiger charge is 2.23. The third kappa shape index (κ3) is 5.51. The Balaban J connectivity index is 1.39. The molecule has 0 unspecified atom stereocenters. The highest BCUT2D eigenvalue weighted by atomic mass is 15.0. The van der Waals surface area contributed by atoms with Gasteiger partial charge in [0.15, 0.2) is 0 Å². The molecule has 8 heteroatoms. The average Bonchev–Trinajstić information content (AvgIpc) is 3.56. The number of nitrogens with two attached hydrogens (primary N) is 2. The molecule has 1 aliphatic carbocycles. The van der Waals surface area contributed by atoms with E-state index >= 15 is 0 Å². The summed E-state index contributed by atoms with van der Waals surface area (Å²) in [6.07, 6.45) is 10.6. The van der Waals surface area contributed by atoms with Gasteiger partial charge in [0, 0.05) is 43.8 Å². The average molecular weight is 459 g/mol. The molecule has 1 aromatic carbocycles. The van der Waals surface area contributed by atoms with Crippen LogP contribution in [0.5, 0.6) is 0 Å². The number of benzene rings is 1. The fraction of sp³-hybridized carbons (Fsp3) is 0.308. The summed E-state index contributed by atoms with van der Waals surface area (Å²) in [5, 5.41) is 17.4. The van der Waals surface area contributed by atoms with Crippen molar-refractivity contribution in [3.05, 3.63) is 94.0 Å². The van der Waals surface area contributed by atoms with Gasteiger partial charge in [0.2, 0.25) is 0 Å². The molecule has 3 aromatic rings. The van der Waals surface area contributed by atoms with E-state index in [0.29, 0.717) is 18.9 Å². The van der Waals surface area contributed by atoms with Gasteiger partial charge in [-0.3, -0.25) is 5.41 Å². The van der Waals surface area contributed by atoms with Crippen molar-refractivity contribution in [3.63, 3.8) is 0 Å². The number of nitrogens with zero attached hydrogens (tertiary/aromatic N) is 2. The van der Waals surface area contributed by atoms with Crippen molar-refractivity contribution in [1.82, 2.24) is 25.3 Å². The van der Waals surface area contributed by atoms with Gasteiger partial charge in [-0.1, -0.05) is 6.07 Å². The van der Waals surface area contributed by atoms with Gasteiger partial charge in [-0.05, 0) is 73.1 Å². The number of amidine groups is 1. The zero-order valence-corrected chi connectivity index (χ0v) is 20.1. The molecule has 4 rings (SSSR count). The summed E-state index contributed by atoms with van der Waals surface area (Å²) >= 11 is 0. The van der Waals surface area contributed by atoms with E-state index in [-0.39, 0.29) is 5.84 Å². The summed E-state index contributed by atoms with van der Waals surface area (Å²) < 4.78 is 2.11. The lowest BCUT2D eigenvalue weighted by Gasteiger charge is -2.15. The molecule has 0 radical (unpaired) electrons. The van der Waals surface area contributed by atoms with Gasteiger partial charge in [0.25, 0.3) is 0 Å². The Morgan fingerprint density at radius 1 is 1.12 bits per heavy atom. The van der Waals surface area contributed by atoms with E-state index in [9.17, 15) is 0 Å². The van der Waals surface area contributed by atoms with Crippen molar-refractivity contribution in [1.29, 1.82) is 5.41 Å². The predicted molar refractivity (Wildman–Crippen MR) is 137 cm³/mol. The standard InChI is InChI=1S/C26H34N8/c1-16-8-20(26(28)29)9-17(2)23(16)13-32-24(27)10-21(11-30-3)31-12-22-15-34-14-19(18-4-5-18)6-7-25(34)33-22/h6-11,14-15,18,30-32H,4-5,12-13,27H2,1-3H3,(H3,28,29)/b21-11+,24-10+. The van der Waals surface area contributed by atoms with Crippen LogP contribution < -0.4 is 27.4 Å². The molecular formula is C26H34N8. The molecule has 0 amide bonds. The summed E-state index contributed by atoms with van der Waals surface area (Å²) in [5.74, 6) is 1.35. The Hall–Kier alpha value is -3.94. The minimum absolute atomic E-state index is 0.0759. The Labute approximate surface area is 200 Å². The number of imidazole rings is 1. The molecule has 0 bridgehead atoms. The van der Waals surface area contributed by atoms with Gasteiger partial charge < -0.3 is 31.8 Å². The van der Waals surface area contributed by atoms with Crippen molar-refractivity contribution in [2.45, 2.75) is 45.7 Å². The third-order valence-electron chi connectivity index (χ3n) is 6.13. The Bertz CT molecular complexity index is 1240. The Kier molecular flexibility index (Phi) is 6.77. The predicted octanol–water partition coefficient (Wildman–Crippen LogP) is 2.85. The molecule has 1 fully saturated rings. The maximum absolute atomic E-state index is 7.66. The van der Waals surface area contributed by atoms with Crippen molar-refractivity contribution < 1.29 is 0 Å². The lowest BCUT2D eigenvalue weighted by Crippen LogP contribution is -2.23. The van der Waals surface area contributed by atoms with E-state index in [0.717, 1.165) is 45.2 Å². The number of fused-ring (bicyclic) bond motifs is 1. The molecule has 8 N–H and O–H groups in total. The number of allylic oxidation sites excluding steroid dienone is 1. The largest absolute Gasteiger partial charge is 0.392 e. The second kappa shape index (κ2) is 9.91. The van der Waals surface area contributed by atoms with E-state index in [2.05, 4.69) is 44.9 Å². The van der Waals surface area contributed by atoms with E-state index in [1.165, 1.54) is 18.4 Å². The molecule has 34 heavy (non-hydrogen) atoms. The van der Waals surface area contributed by atoms with Crippen LogP contribution >= 0.6 is 0 Å². The number of hydrogen-bond donors (Lipinski definition) is 6. The topological polar surface area (TPSA) is 129 Å². The SMILES string of the molecule is CN/C=C(\C=C(/N)NCc1c(C)cc(C(=N)N)cc1C)NCc1cn2cc(C3CC3)ccc2n1. The first-order valence-electron chi connectivity index (χ1n) is 11.6. The maximum atomic E-state index is 7.66. The maximum Gasteiger partial charge on any atom is 0.137 e. The van der Waals surface area contributed by atoms with Crippen LogP contribution in [0.1, 0.15) is 52.3 Å². The normalized spacial score (nSPS) is 14.3. The van der Waals surface area contributed by atoms with E-state index < -0.39 is 0 Å². The number of pyridine rings is 1. The van der Waals surface area contributed by atoms with Crippen LogP contribution in [-0.2, 0) is 13.1 Å². The quantitative estimate of drug-likeness (QED) is 0.157. The second-order valence-corrected chi connectivity index (χ2v) is 8.93. The zero-order chi connectivity index (χ0) is 24.2. The van der Waals surface area contributed by atoms with Crippen molar-refractivity contribution >= 4 is 11.5 Å². The van der Waals surface area contributed by atoms with Crippen molar-refractivity contribution in [2.24, 2.45) is 11.5 Å². The molecule has 0 spiro atoms. The second-order valence-electron chi connectivity index (χ2n) is 8.93. The van der Waals surface area contributed by atoms with E-state index in [1.807, 2.05) is 45.3 Å². The highest BCUT2D eigenvalue weighted by Crippen LogP contribution is 2.39. The lowest BCUT2D eigenvalue weighted by molar-refractivity contribution is 0.768. The molecule has 178 valence electrons. The minimum Gasteiger partial charge on any atom is -0.392 e. The smallest absolute Gasteiger partial charge is 0.137 e. The zero-order valence-electron chi connectivity index (χ0n) is 20.1. The summed E-state index contributed by atoms with van der Waals surface area (Å²) in [6, 6.07) is 8.15. The van der Waals surface area contributed by atoms with Crippen LogP contribution in [0.2, 0.25) is 0 Å². The number of nitrogens with one attached hydrogen (secondary N) is 4. The van der Waals surface area contributed by atoms with Crippen LogP contribution in [-0.4, -0.2) is 22.3 Å². The third-order valence-corrected chi connectivity index (χ3v) is 6.13. The number of aryl methyl sites for hydroxylation is 2. The summed E-state index contributed by atoms with van der Waals surface area (Å²) in [7, 11) is 1.85. The van der Waals surface area contributed by atoms with E-state index in [1.54, 1.807) is 0 Å². The van der Waals surface area contributed by atoms with Gasteiger partial charge in [-0.15, -0.1) is 0 Å². The molecule has 0 atom stereocenters. The van der Waals surface area contributed by atoms with Gasteiger partial charge >= 0.3 is 0 Å². The first-order valence-corrected chi connectivity index (χ1v) is 11.6. The van der Waals surface area contributed by atoms with Crippen LogP contribution in [0.15, 0.2) is 60.5 Å².